The largest absolute Gasteiger partial charge is 0.444 e. The van der Waals surface area contributed by atoms with Gasteiger partial charge in [0.05, 0.1) is 10.7 Å². The predicted octanol–water partition coefficient (Wildman–Crippen LogP) is 4.69. The number of anilines is 1. The number of rotatable bonds is 3. The van der Waals surface area contributed by atoms with E-state index in [0.717, 1.165) is 15.7 Å². The van der Waals surface area contributed by atoms with Gasteiger partial charge in [-0.1, -0.05) is 27.5 Å². The SMILES string of the molecule is O=C1OCc2cc(Br)ccc2N1C1CCN(S(=O)(=O)c2cc(F)c(F)cc2Cl)CC1. The van der Waals surface area contributed by atoms with Crippen molar-refractivity contribution in [3.63, 3.8) is 0 Å². The Morgan fingerprint density at radius 1 is 1.10 bits per heavy atom. The van der Waals surface area contributed by atoms with Crippen LogP contribution in [-0.2, 0) is 21.4 Å². The molecule has 1 fully saturated rings. The van der Waals surface area contributed by atoms with Crippen LogP contribution in [0.4, 0.5) is 19.3 Å². The van der Waals surface area contributed by atoms with Crippen LogP contribution in [-0.4, -0.2) is 37.9 Å². The second-order valence-electron chi connectivity index (χ2n) is 7.03. The van der Waals surface area contributed by atoms with E-state index in [1.165, 1.54) is 4.31 Å². The number of cyclic esters (lactones) is 1. The molecular formula is C19H16BrClF2N2O4S. The summed E-state index contributed by atoms with van der Waals surface area (Å²) in [7, 11) is -4.11. The van der Waals surface area contributed by atoms with E-state index in [0.29, 0.717) is 25.0 Å². The number of fused-ring (bicyclic) bond motifs is 1. The number of amides is 1. The summed E-state index contributed by atoms with van der Waals surface area (Å²) in [6.45, 7) is 0.363. The Kier molecular flexibility index (Phi) is 5.78. The summed E-state index contributed by atoms with van der Waals surface area (Å²) in [5.74, 6) is -2.50. The average molecular weight is 522 g/mol. The van der Waals surface area contributed by atoms with Gasteiger partial charge in [-0.2, -0.15) is 4.31 Å². The molecule has 0 N–H and O–H groups in total. The molecule has 2 aromatic rings. The maximum absolute atomic E-state index is 13.6. The molecule has 0 aromatic heterocycles. The van der Waals surface area contributed by atoms with Gasteiger partial charge in [-0.3, -0.25) is 4.90 Å². The van der Waals surface area contributed by atoms with Crippen molar-refractivity contribution >= 4 is 49.3 Å². The summed E-state index contributed by atoms with van der Waals surface area (Å²) >= 11 is 9.25. The summed E-state index contributed by atoms with van der Waals surface area (Å²) in [6.07, 6.45) is 0.228. The lowest BCUT2D eigenvalue weighted by molar-refractivity contribution is 0.135. The minimum Gasteiger partial charge on any atom is -0.444 e. The van der Waals surface area contributed by atoms with Gasteiger partial charge in [-0.25, -0.2) is 22.0 Å². The number of benzene rings is 2. The molecule has 30 heavy (non-hydrogen) atoms. The van der Waals surface area contributed by atoms with Gasteiger partial charge in [-0.15, -0.1) is 0 Å². The van der Waals surface area contributed by atoms with E-state index >= 15 is 0 Å². The first-order chi connectivity index (χ1) is 14.2. The van der Waals surface area contributed by atoms with Crippen LogP contribution in [0.1, 0.15) is 18.4 Å². The molecule has 11 heteroatoms. The molecule has 0 spiro atoms. The number of carbonyl (C=O) groups excluding carboxylic acids is 1. The molecule has 2 aromatic carbocycles. The number of hydrogen-bond acceptors (Lipinski definition) is 4. The lowest BCUT2D eigenvalue weighted by atomic mass is 10.0. The zero-order valence-electron chi connectivity index (χ0n) is 15.4. The number of carbonyl (C=O) groups is 1. The van der Waals surface area contributed by atoms with E-state index < -0.39 is 32.6 Å². The molecule has 2 heterocycles. The van der Waals surface area contributed by atoms with Crippen molar-refractivity contribution in [3.05, 3.63) is 57.0 Å². The molecule has 2 aliphatic heterocycles. The van der Waals surface area contributed by atoms with Gasteiger partial charge in [0.25, 0.3) is 0 Å². The van der Waals surface area contributed by atoms with Gasteiger partial charge < -0.3 is 4.74 Å². The smallest absolute Gasteiger partial charge is 0.414 e. The highest BCUT2D eigenvalue weighted by Gasteiger charge is 2.38. The first-order valence-electron chi connectivity index (χ1n) is 9.07. The van der Waals surface area contributed by atoms with E-state index in [1.807, 2.05) is 18.2 Å². The summed E-state index contributed by atoms with van der Waals surface area (Å²) in [5.41, 5.74) is 1.59. The lowest BCUT2D eigenvalue weighted by Crippen LogP contribution is -2.50. The highest BCUT2D eigenvalue weighted by Crippen LogP contribution is 2.35. The molecule has 6 nitrogen and oxygen atoms in total. The molecular weight excluding hydrogens is 506 g/mol. The number of sulfonamides is 1. The molecule has 0 aliphatic carbocycles. The van der Waals surface area contributed by atoms with Crippen molar-refractivity contribution in [2.75, 3.05) is 18.0 Å². The van der Waals surface area contributed by atoms with Crippen LogP contribution in [0.5, 0.6) is 0 Å². The fourth-order valence-electron chi connectivity index (χ4n) is 3.74. The van der Waals surface area contributed by atoms with Crippen LogP contribution in [0.25, 0.3) is 0 Å². The van der Waals surface area contributed by atoms with Crippen LogP contribution >= 0.6 is 27.5 Å². The Morgan fingerprint density at radius 2 is 1.77 bits per heavy atom. The van der Waals surface area contributed by atoms with Crippen molar-refractivity contribution in [1.82, 2.24) is 4.31 Å². The predicted molar refractivity (Wildman–Crippen MR) is 110 cm³/mol. The van der Waals surface area contributed by atoms with Gasteiger partial charge in [0.1, 0.15) is 11.5 Å². The van der Waals surface area contributed by atoms with Crippen LogP contribution in [0, 0.1) is 11.6 Å². The molecule has 2 aliphatic rings. The van der Waals surface area contributed by atoms with Gasteiger partial charge >= 0.3 is 6.09 Å². The second kappa shape index (κ2) is 8.07. The highest BCUT2D eigenvalue weighted by molar-refractivity contribution is 9.10. The molecule has 1 saturated heterocycles. The van der Waals surface area contributed by atoms with E-state index in [-0.39, 0.29) is 30.8 Å². The van der Waals surface area contributed by atoms with Gasteiger partial charge in [0, 0.05) is 29.2 Å². The van der Waals surface area contributed by atoms with Gasteiger partial charge in [-0.05, 0) is 43.2 Å². The maximum Gasteiger partial charge on any atom is 0.414 e. The van der Waals surface area contributed by atoms with Crippen molar-refractivity contribution in [2.24, 2.45) is 0 Å². The molecule has 160 valence electrons. The van der Waals surface area contributed by atoms with Crippen LogP contribution in [0.2, 0.25) is 5.02 Å². The van der Waals surface area contributed by atoms with Crippen LogP contribution in [0.15, 0.2) is 39.7 Å². The Morgan fingerprint density at radius 3 is 2.47 bits per heavy atom. The first-order valence-corrected chi connectivity index (χ1v) is 11.7. The highest BCUT2D eigenvalue weighted by atomic mass is 79.9. The van der Waals surface area contributed by atoms with Crippen molar-refractivity contribution in [3.8, 4) is 0 Å². The molecule has 0 unspecified atom stereocenters. The van der Waals surface area contributed by atoms with Crippen molar-refractivity contribution in [2.45, 2.75) is 30.4 Å². The van der Waals surface area contributed by atoms with Crippen LogP contribution in [0.3, 0.4) is 0 Å². The quantitative estimate of drug-likeness (QED) is 0.550. The Hall–Kier alpha value is -1.75. The number of hydrogen-bond donors (Lipinski definition) is 0. The third kappa shape index (κ3) is 3.81. The average Bonchev–Trinajstić information content (AvgIpc) is 2.71. The zero-order valence-corrected chi connectivity index (χ0v) is 18.6. The minimum atomic E-state index is -4.11. The molecule has 0 saturated carbocycles. The van der Waals surface area contributed by atoms with E-state index in [4.69, 9.17) is 16.3 Å². The van der Waals surface area contributed by atoms with E-state index in [9.17, 15) is 22.0 Å². The Balaban J connectivity index is 1.55. The minimum absolute atomic E-state index is 0.0952. The van der Waals surface area contributed by atoms with Gasteiger partial charge in [0.2, 0.25) is 10.0 Å². The van der Waals surface area contributed by atoms with Crippen LogP contribution < -0.4 is 4.90 Å². The third-order valence-corrected chi connectivity index (χ3v) is 8.09. The number of halogens is 4. The van der Waals surface area contributed by atoms with Crippen molar-refractivity contribution in [1.29, 1.82) is 0 Å². The summed E-state index contributed by atoms with van der Waals surface area (Å²) in [4.78, 5) is 13.5. The molecule has 1 amide bonds. The topological polar surface area (TPSA) is 66.9 Å². The molecule has 0 bridgehead atoms. The summed E-state index contributed by atoms with van der Waals surface area (Å²) in [5, 5.41) is -0.380. The normalized spacial score (nSPS) is 18.3. The molecule has 0 atom stereocenters. The van der Waals surface area contributed by atoms with Gasteiger partial charge in [0.15, 0.2) is 11.6 Å². The zero-order chi connectivity index (χ0) is 21.6. The molecule has 0 radical (unpaired) electrons. The molecule has 4 rings (SSSR count). The first kappa shape index (κ1) is 21.5. The summed E-state index contributed by atoms with van der Waals surface area (Å²) in [6, 6.07) is 6.51. The Labute approximate surface area is 185 Å². The number of ether oxygens (including phenoxy) is 1. The second-order valence-corrected chi connectivity index (χ2v) is 10.3. The van der Waals surface area contributed by atoms with E-state index in [1.54, 1.807) is 4.90 Å². The number of piperidine rings is 1. The summed E-state index contributed by atoms with van der Waals surface area (Å²) < 4.78 is 60.0. The fourth-order valence-corrected chi connectivity index (χ4v) is 6.12. The number of nitrogens with zero attached hydrogens (tertiary/aromatic N) is 2. The van der Waals surface area contributed by atoms with E-state index in [2.05, 4.69) is 15.9 Å². The maximum atomic E-state index is 13.6. The Bertz CT molecular complexity index is 1120. The third-order valence-electron chi connectivity index (χ3n) is 5.23. The van der Waals surface area contributed by atoms with Crippen molar-refractivity contribution < 1.29 is 26.7 Å². The standard InChI is InChI=1S/C19H16BrClF2N2O4S/c20-12-1-2-17-11(7-12)10-29-19(26)25(17)13-3-5-24(6-4-13)30(27,28)18-9-16(23)15(22)8-14(18)21/h1-2,7-9,13H,3-6,10H2. The fraction of sp³-hybridized carbons (Fsp3) is 0.316. The monoisotopic (exact) mass is 520 g/mol. The lowest BCUT2D eigenvalue weighted by Gasteiger charge is -2.39.